The van der Waals surface area contributed by atoms with Gasteiger partial charge in [-0.1, -0.05) is 0 Å². The molecule has 3 N–H and O–H groups in total. The van der Waals surface area contributed by atoms with Gasteiger partial charge in [0.1, 0.15) is 0 Å². The first-order chi connectivity index (χ1) is 11.1. The number of fused-ring (bicyclic) bond motifs is 2. The van der Waals surface area contributed by atoms with Crippen LogP contribution in [0, 0.1) is 0 Å². The summed E-state index contributed by atoms with van der Waals surface area (Å²) in [6, 6.07) is 4.70. The van der Waals surface area contributed by atoms with Crippen LogP contribution >= 0.6 is 0 Å². The topological polar surface area (TPSA) is 82.2 Å². The fourth-order valence-corrected chi connectivity index (χ4v) is 3.38. The summed E-state index contributed by atoms with van der Waals surface area (Å²) in [5.74, 6) is -1.18. The van der Waals surface area contributed by atoms with Crippen molar-refractivity contribution in [3.05, 3.63) is 52.3 Å². The third kappa shape index (κ3) is 2.25. The number of H-pyrrole nitrogens is 1. The van der Waals surface area contributed by atoms with Crippen molar-refractivity contribution in [1.82, 2.24) is 4.98 Å². The number of hydrogen-bond donors (Lipinski definition) is 3. The number of aryl methyl sites for hydroxylation is 1. The second-order valence-electron chi connectivity index (χ2n) is 5.99. The SMILES string of the molecule is O=C1Nc2ccc(C(=O)O)cc2C1=Cc1c[nH]c2c1CCCC2. The van der Waals surface area contributed by atoms with E-state index in [1.54, 1.807) is 12.1 Å². The van der Waals surface area contributed by atoms with E-state index in [-0.39, 0.29) is 11.5 Å². The van der Waals surface area contributed by atoms with Crippen molar-refractivity contribution < 1.29 is 14.7 Å². The number of amides is 1. The monoisotopic (exact) mass is 308 g/mol. The first-order valence-electron chi connectivity index (χ1n) is 7.73. The fourth-order valence-electron chi connectivity index (χ4n) is 3.38. The van der Waals surface area contributed by atoms with E-state index in [0.717, 1.165) is 24.8 Å². The molecule has 1 aliphatic heterocycles. The van der Waals surface area contributed by atoms with Crippen molar-refractivity contribution in [3.8, 4) is 0 Å². The van der Waals surface area contributed by atoms with Gasteiger partial charge in [-0.05, 0) is 61.1 Å². The van der Waals surface area contributed by atoms with Crippen LogP contribution in [0.3, 0.4) is 0 Å². The number of hydrogen-bond acceptors (Lipinski definition) is 2. The Bertz CT molecular complexity index is 861. The largest absolute Gasteiger partial charge is 0.478 e. The van der Waals surface area contributed by atoms with Crippen LogP contribution in [0.4, 0.5) is 5.69 Å². The number of rotatable bonds is 2. The molecule has 0 bridgehead atoms. The van der Waals surface area contributed by atoms with Crippen molar-refractivity contribution in [2.45, 2.75) is 25.7 Å². The molecule has 0 fully saturated rings. The van der Waals surface area contributed by atoms with E-state index in [4.69, 9.17) is 5.11 Å². The Morgan fingerprint density at radius 3 is 2.87 bits per heavy atom. The number of anilines is 1. The van der Waals surface area contributed by atoms with Gasteiger partial charge in [0, 0.05) is 28.7 Å². The van der Waals surface area contributed by atoms with Crippen molar-refractivity contribution in [3.63, 3.8) is 0 Å². The lowest BCUT2D eigenvalue weighted by molar-refractivity contribution is -0.110. The number of benzene rings is 1. The van der Waals surface area contributed by atoms with Crippen LogP contribution in [0.2, 0.25) is 0 Å². The summed E-state index contributed by atoms with van der Waals surface area (Å²) in [5.41, 5.74) is 5.58. The third-order valence-electron chi connectivity index (χ3n) is 4.57. The number of carbonyl (C=O) groups excluding carboxylic acids is 1. The van der Waals surface area contributed by atoms with Gasteiger partial charge in [0.15, 0.2) is 0 Å². The van der Waals surface area contributed by atoms with Gasteiger partial charge in [0.2, 0.25) is 0 Å². The third-order valence-corrected chi connectivity index (χ3v) is 4.57. The second-order valence-corrected chi connectivity index (χ2v) is 5.99. The fraction of sp³-hybridized carbons (Fsp3) is 0.222. The minimum atomic E-state index is -0.995. The Morgan fingerprint density at radius 2 is 2.04 bits per heavy atom. The number of carboxylic acids is 1. The molecule has 4 rings (SSSR count). The highest BCUT2D eigenvalue weighted by molar-refractivity contribution is 6.35. The summed E-state index contributed by atoms with van der Waals surface area (Å²) in [6.07, 6.45) is 8.22. The number of aromatic carboxylic acids is 1. The number of nitrogens with one attached hydrogen (secondary N) is 2. The Morgan fingerprint density at radius 1 is 1.22 bits per heavy atom. The average Bonchev–Trinajstić information content (AvgIpc) is 3.09. The molecule has 116 valence electrons. The van der Waals surface area contributed by atoms with Crippen LogP contribution in [-0.2, 0) is 17.6 Å². The Hall–Kier alpha value is -2.82. The van der Waals surface area contributed by atoms with E-state index in [0.29, 0.717) is 16.8 Å². The highest BCUT2D eigenvalue weighted by atomic mass is 16.4. The van der Waals surface area contributed by atoms with Crippen LogP contribution < -0.4 is 5.32 Å². The molecule has 23 heavy (non-hydrogen) atoms. The van der Waals surface area contributed by atoms with Gasteiger partial charge in [-0.3, -0.25) is 4.79 Å². The van der Waals surface area contributed by atoms with Crippen LogP contribution in [0.5, 0.6) is 0 Å². The second kappa shape index (κ2) is 5.12. The van der Waals surface area contributed by atoms with E-state index >= 15 is 0 Å². The molecule has 1 aliphatic carbocycles. The summed E-state index contributed by atoms with van der Waals surface area (Å²) in [7, 11) is 0. The zero-order valence-electron chi connectivity index (χ0n) is 12.5. The molecular weight excluding hydrogens is 292 g/mol. The zero-order chi connectivity index (χ0) is 16.0. The first kappa shape index (κ1) is 13.8. The molecule has 2 heterocycles. The maximum atomic E-state index is 12.3. The lowest BCUT2D eigenvalue weighted by Crippen LogP contribution is -2.04. The van der Waals surface area contributed by atoms with E-state index in [1.165, 1.54) is 23.7 Å². The molecule has 2 aliphatic rings. The summed E-state index contributed by atoms with van der Waals surface area (Å²) in [5, 5.41) is 11.9. The molecule has 0 radical (unpaired) electrons. The molecular formula is C18H16N2O3. The molecule has 5 nitrogen and oxygen atoms in total. The van der Waals surface area contributed by atoms with Gasteiger partial charge >= 0.3 is 5.97 Å². The van der Waals surface area contributed by atoms with Crippen molar-refractivity contribution in [2.75, 3.05) is 5.32 Å². The molecule has 5 heteroatoms. The van der Waals surface area contributed by atoms with Crippen LogP contribution in [0.1, 0.15) is 45.6 Å². The molecule has 0 unspecified atom stereocenters. The van der Waals surface area contributed by atoms with E-state index in [2.05, 4.69) is 10.3 Å². The van der Waals surface area contributed by atoms with Gasteiger partial charge in [0.25, 0.3) is 5.91 Å². The van der Waals surface area contributed by atoms with Gasteiger partial charge in [0.05, 0.1) is 5.56 Å². The molecule has 1 amide bonds. The summed E-state index contributed by atoms with van der Waals surface area (Å²) >= 11 is 0. The first-order valence-corrected chi connectivity index (χ1v) is 7.73. The highest BCUT2D eigenvalue weighted by Gasteiger charge is 2.26. The number of carbonyl (C=O) groups is 2. The minimum Gasteiger partial charge on any atom is -0.478 e. The molecule has 1 aromatic carbocycles. The maximum Gasteiger partial charge on any atom is 0.335 e. The molecule has 0 saturated carbocycles. The summed E-state index contributed by atoms with van der Waals surface area (Å²) < 4.78 is 0. The maximum absolute atomic E-state index is 12.3. The zero-order valence-corrected chi connectivity index (χ0v) is 12.5. The Labute approximate surface area is 133 Å². The Kier molecular flexibility index (Phi) is 3.08. The van der Waals surface area contributed by atoms with Crippen molar-refractivity contribution >= 4 is 29.2 Å². The van der Waals surface area contributed by atoms with Gasteiger partial charge in [-0.25, -0.2) is 4.79 Å². The lowest BCUT2D eigenvalue weighted by Gasteiger charge is -2.11. The van der Waals surface area contributed by atoms with Gasteiger partial charge in [-0.15, -0.1) is 0 Å². The van der Waals surface area contributed by atoms with Crippen molar-refractivity contribution in [2.24, 2.45) is 0 Å². The molecule has 1 aromatic heterocycles. The highest BCUT2D eigenvalue weighted by Crippen LogP contribution is 2.35. The molecule has 0 spiro atoms. The predicted molar refractivity (Wildman–Crippen MR) is 87.3 cm³/mol. The molecule has 0 atom stereocenters. The normalized spacial score (nSPS) is 17.7. The number of aromatic nitrogens is 1. The van der Waals surface area contributed by atoms with E-state index < -0.39 is 5.97 Å². The molecule has 0 saturated heterocycles. The smallest absolute Gasteiger partial charge is 0.335 e. The lowest BCUT2D eigenvalue weighted by atomic mass is 9.93. The standard InChI is InChI=1S/C18H16N2O3/c21-17-14(8-11-9-19-15-4-2-1-3-12(11)15)13-7-10(18(22)23)5-6-16(13)20-17/h5-9,19H,1-4H2,(H,20,21)(H,22,23). The molecule has 2 aromatic rings. The minimum absolute atomic E-state index is 0.183. The van der Waals surface area contributed by atoms with Crippen LogP contribution in [0.25, 0.3) is 11.6 Å². The van der Waals surface area contributed by atoms with Crippen LogP contribution in [-0.4, -0.2) is 22.0 Å². The van der Waals surface area contributed by atoms with Crippen molar-refractivity contribution in [1.29, 1.82) is 0 Å². The average molecular weight is 308 g/mol. The van der Waals surface area contributed by atoms with E-state index in [9.17, 15) is 9.59 Å². The van der Waals surface area contributed by atoms with Gasteiger partial charge in [-0.2, -0.15) is 0 Å². The summed E-state index contributed by atoms with van der Waals surface area (Å²) in [4.78, 5) is 26.7. The Balaban J connectivity index is 1.81. The summed E-state index contributed by atoms with van der Waals surface area (Å²) in [6.45, 7) is 0. The number of aromatic amines is 1. The quantitative estimate of drug-likeness (QED) is 0.746. The van der Waals surface area contributed by atoms with Crippen LogP contribution in [0.15, 0.2) is 24.4 Å². The number of carboxylic acid groups (broad SMARTS) is 1. The predicted octanol–water partition coefficient (Wildman–Crippen LogP) is 3.08. The van der Waals surface area contributed by atoms with Gasteiger partial charge < -0.3 is 15.4 Å². The van der Waals surface area contributed by atoms with E-state index in [1.807, 2.05) is 12.3 Å².